The van der Waals surface area contributed by atoms with E-state index in [0.717, 1.165) is 5.56 Å². The summed E-state index contributed by atoms with van der Waals surface area (Å²) in [6.45, 7) is 3.41. The van der Waals surface area contributed by atoms with Gasteiger partial charge in [-0.25, -0.2) is 9.59 Å². The van der Waals surface area contributed by atoms with Gasteiger partial charge >= 0.3 is 12.0 Å². The molecule has 0 bridgehead atoms. The van der Waals surface area contributed by atoms with Crippen LogP contribution in [0.3, 0.4) is 0 Å². The minimum Gasteiger partial charge on any atom is -0.492 e. The number of urea groups is 1. The highest BCUT2D eigenvalue weighted by molar-refractivity contribution is 6.32. The van der Waals surface area contributed by atoms with E-state index < -0.39 is 0 Å². The van der Waals surface area contributed by atoms with E-state index in [2.05, 4.69) is 10.6 Å². The van der Waals surface area contributed by atoms with Crippen LogP contribution in [0, 0.1) is 0 Å². The average Bonchev–Trinajstić information content (AvgIpc) is 2.68. The van der Waals surface area contributed by atoms with Crippen molar-refractivity contribution < 1.29 is 19.1 Å². The molecule has 0 aliphatic carbocycles. The van der Waals surface area contributed by atoms with Crippen LogP contribution in [0.2, 0.25) is 5.02 Å². The minimum atomic E-state index is -0.353. The van der Waals surface area contributed by atoms with Gasteiger partial charge in [0, 0.05) is 13.1 Å². The van der Waals surface area contributed by atoms with Gasteiger partial charge in [0.25, 0.3) is 0 Å². The van der Waals surface area contributed by atoms with Gasteiger partial charge in [-0.3, -0.25) is 0 Å². The minimum absolute atomic E-state index is 0.262. The molecule has 2 aromatic carbocycles. The monoisotopic (exact) mass is 390 g/mol. The van der Waals surface area contributed by atoms with Crippen LogP contribution in [0.25, 0.3) is 0 Å². The fourth-order valence-electron chi connectivity index (χ4n) is 2.24. The number of nitrogens with one attached hydrogen (secondary N) is 2. The first-order chi connectivity index (χ1) is 13.1. The smallest absolute Gasteiger partial charge is 0.338 e. The lowest BCUT2D eigenvalue weighted by Crippen LogP contribution is -2.36. The van der Waals surface area contributed by atoms with Gasteiger partial charge in [-0.2, -0.15) is 0 Å². The summed E-state index contributed by atoms with van der Waals surface area (Å²) in [7, 11) is 0. The van der Waals surface area contributed by atoms with Crippen LogP contribution in [0.4, 0.5) is 4.79 Å². The van der Waals surface area contributed by atoms with Crippen molar-refractivity contribution in [2.45, 2.75) is 19.9 Å². The maximum atomic E-state index is 11.8. The Morgan fingerprint density at radius 3 is 2.48 bits per heavy atom. The van der Waals surface area contributed by atoms with Crippen LogP contribution in [0.1, 0.15) is 29.3 Å². The number of carbonyl (C=O) groups excluding carboxylic acids is 2. The topological polar surface area (TPSA) is 76.7 Å². The van der Waals surface area contributed by atoms with Gasteiger partial charge in [0.1, 0.15) is 5.75 Å². The van der Waals surface area contributed by atoms with E-state index in [0.29, 0.717) is 49.1 Å². The molecule has 0 aliphatic rings. The van der Waals surface area contributed by atoms with Gasteiger partial charge in [0.15, 0.2) is 0 Å². The van der Waals surface area contributed by atoms with Crippen molar-refractivity contribution >= 4 is 23.6 Å². The summed E-state index contributed by atoms with van der Waals surface area (Å²) in [6, 6.07) is 13.9. The number of esters is 1. The molecule has 0 atom stereocenters. The molecule has 144 valence electrons. The number of amides is 2. The number of hydrogen-bond acceptors (Lipinski definition) is 4. The summed E-state index contributed by atoms with van der Waals surface area (Å²) in [4.78, 5) is 23.4. The molecule has 0 aromatic heterocycles. The maximum Gasteiger partial charge on any atom is 0.338 e. The fourth-order valence-corrected chi connectivity index (χ4v) is 2.43. The third-order valence-corrected chi connectivity index (χ3v) is 3.93. The third kappa shape index (κ3) is 7.19. The van der Waals surface area contributed by atoms with E-state index in [9.17, 15) is 9.59 Å². The molecule has 27 heavy (non-hydrogen) atoms. The molecule has 0 unspecified atom stereocenters. The molecule has 0 aliphatic heterocycles. The van der Waals surface area contributed by atoms with Gasteiger partial charge in [0.05, 0.1) is 23.8 Å². The van der Waals surface area contributed by atoms with E-state index in [1.54, 1.807) is 43.3 Å². The van der Waals surface area contributed by atoms with Crippen molar-refractivity contribution in [1.29, 1.82) is 0 Å². The van der Waals surface area contributed by atoms with E-state index in [1.165, 1.54) is 0 Å². The van der Waals surface area contributed by atoms with Crippen molar-refractivity contribution in [3.63, 3.8) is 0 Å². The second-order valence-electron chi connectivity index (χ2n) is 5.66. The Bertz CT molecular complexity index is 750. The SMILES string of the molecule is CCOC(=O)c1ccc(CNC(=O)NCCCOc2ccccc2Cl)cc1. The van der Waals surface area contributed by atoms with E-state index >= 15 is 0 Å². The van der Waals surface area contributed by atoms with E-state index in [1.807, 2.05) is 12.1 Å². The Labute approximate surface area is 163 Å². The number of hydrogen-bond donors (Lipinski definition) is 2. The zero-order chi connectivity index (χ0) is 19.5. The summed E-state index contributed by atoms with van der Waals surface area (Å²) in [5.74, 6) is 0.281. The third-order valence-electron chi connectivity index (χ3n) is 3.62. The van der Waals surface area contributed by atoms with Crippen molar-refractivity contribution in [1.82, 2.24) is 10.6 Å². The molecule has 2 amide bonds. The normalized spacial score (nSPS) is 10.1. The summed E-state index contributed by atoms with van der Waals surface area (Å²) in [5.41, 5.74) is 1.38. The van der Waals surface area contributed by atoms with Crippen molar-refractivity contribution in [3.8, 4) is 5.75 Å². The summed E-state index contributed by atoms with van der Waals surface area (Å²) >= 11 is 6.00. The molecule has 7 heteroatoms. The number of halogens is 1. The first kappa shape index (κ1) is 20.6. The number of carbonyl (C=O) groups is 2. The maximum absolute atomic E-state index is 11.8. The summed E-state index contributed by atoms with van der Waals surface area (Å²) in [6.07, 6.45) is 0.660. The molecular weight excluding hydrogens is 368 g/mol. The van der Waals surface area contributed by atoms with Gasteiger partial charge < -0.3 is 20.1 Å². The van der Waals surface area contributed by atoms with E-state index in [-0.39, 0.29) is 12.0 Å². The summed E-state index contributed by atoms with van der Waals surface area (Å²) in [5, 5.41) is 6.09. The molecular formula is C20H23ClN2O4. The zero-order valence-electron chi connectivity index (χ0n) is 15.2. The number of ether oxygens (including phenoxy) is 2. The summed E-state index contributed by atoms with van der Waals surface area (Å²) < 4.78 is 10.5. The molecule has 6 nitrogen and oxygen atoms in total. The first-order valence-corrected chi connectivity index (χ1v) is 9.13. The molecule has 0 saturated heterocycles. The van der Waals surface area contributed by atoms with Crippen LogP contribution >= 0.6 is 11.6 Å². The van der Waals surface area contributed by atoms with Gasteiger partial charge in [-0.1, -0.05) is 35.9 Å². The number of rotatable bonds is 9. The number of benzene rings is 2. The molecule has 0 spiro atoms. The van der Waals surface area contributed by atoms with Crippen LogP contribution in [0.5, 0.6) is 5.75 Å². The average molecular weight is 391 g/mol. The van der Waals surface area contributed by atoms with Crippen LogP contribution in [0.15, 0.2) is 48.5 Å². The molecule has 0 heterocycles. The fraction of sp³-hybridized carbons (Fsp3) is 0.300. The van der Waals surface area contributed by atoms with Crippen LogP contribution in [-0.4, -0.2) is 31.8 Å². The molecule has 2 N–H and O–H groups in total. The first-order valence-electron chi connectivity index (χ1n) is 8.75. The standard InChI is InChI=1S/C20H23ClN2O4/c1-2-26-19(24)16-10-8-15(9-11-16)14-23-20(25)22-12-5-13-27-18-7-4-3-6-17(18)21/h3-4,6-11H,2,5,12-14H2,1H3,(H2,22,23,25). The Hall–Kier alpha value is -2.73. The Balaban J connectivity index is 1.62. The van der Waals surface area contributed by atoms with Crippen molar-refractivity contribution in [2.24, 2.45) is 0 Å². The van der Waals surface area contributed by atoms with Crippen molar-refractivity contribution in [3.05, 3.63) is 64.7 Å². The zero-order valence-corrected chi connectivity index (χ0v) is 15.9. The molecule has 0 radical (unpaired) electrons. The van der Waals surface area contributed by atoms with Gasteiger partial charge in [-0.15, -0.1) is 0 Å². The lowest BCUT2D eigenvalue weighted by molar-refractivity contribution is 0.0526. The highest BCUT2D eigenvalue weighted by Gasteiger charge is 2.06. The van der Waals surface area contributed by atoms with Gasteiger partial charge in [-0.05, 0) is 43.2 Å². The predicted molar refractivity (Wildman–Crippen MR) is 104 cm³/mol. The lowest BCUT2D eigenvalue weighted by atomic mass is 10.1. The Morgan fingerprint density at radius 1 is 1.04 bits per heavy atom. The van der Waals surface area contributed by atoms with Gasteiger partial charge in [0.2, 0.25) is 0 Å². The Kier molecular flexibility index (Phi) is 8.45. The molecule has 2 rings (SSSR count). The highest BCUT2D eigenvalue weighted by atomic mass is 35.5. The highest BCUT2D eigenvalue weighted by Crippen LogP contribution is 2.22. The van der Waals surface area contributed by atoms with E-state index in [4.69, 9.17) is 21.1 Å². The second-order valence-corrected chi connectivity index (χ2v) is 6.07. The largest absolute Gasteiger partial charge is 0.492 e. The lowest BCUT2D eigenvalue weighted by Gasteiger charge is -2.10. The molecule has 0 fully saturated rings. The molecule has 0 saturated carbocycles. The van der Waals surface area contributed by atoms with Crippen molar-refractivity contribution in [2.75, 3.05) is 19.8 Å². The number of para-hydroxylation sites is 1. The predicted octanol–water partition coefficient (Wildman–Crippen LogP) is 3.79. The quantitative estimate of drug-likeness (QED) is 0.504. The van der Waals surface area contributed by atoms with Crippen LogP contribution in [-0.2, 0) is 11.3 Å². The Morgan fingerprint density at radius 2 is 1.78 bits per heavy atom. The molecule has 2 aromatic rings. The van der Waals surface area contributed by atoms with Crippen LogP contribution < -0.4 is 15.4 Å². The second kappa shape index (κ2) is 11.1.